The second-order valence-corrected chi connectivity index (χ2v) is 11.9. The van der Waals surface area contributed by atoms with Crippen LogP contribution in [0.1, 0.15) is 42.4 Å². The molecule has 0 spiro atoms. The van der Waals surface area contributed by atoms with E-state index in [1.165, 1.54) is 22.7 Å². The van der Waals surface area contributed by atoms with Crippen LogP contribution < -0.4 is 14.4 Å². The first-order valence-electron chi connectivity index (χ1n) is 12.7. The fourth-order valence-electron chi connectivity index (χ4n) is 4.90. The minimum atomic E-state index is -3.65. The summed E-state index contributed by atoms with van der Waals surface area (Å²) in [5.41, 5.74) is 4.19. The lowest BCUT2D eigenvalue weighted by atomic mass is 10.00. The van der Waals surface area contributed by atoms with Crippen LogP contribution in [0.4, 0.5) is 10.1 Å². The fraction of sp³-hybridized carbons (Fsp3) is 0.276. The van der Waals surface area contributed by atoms with Crippen LogP contribution in [0.3, 0.4) is 0 Å². The quantitative estimate of drug-likeness (QED) is 0.302. The van der Waals surface area contributed by atoms with E-state index in [1.54, 1.807) is 25.3 Å². The zero-order valence-electron chi connectivity index (χ0n) is 21.8. The van der Waals surface area contributed by atoms with E-state index in [0.29, 0.717) is 39.7 Å². The SMILES string of the molecule is COc1ccc(CN(c2cc3oc(-c4ccc(F)cc4)c(C4=NOC(C)N4)c3cc2C2CC2)S(C)(=O)=O)cc1. The van der Waals surface area contributed by atoms with Gasteiger partial charge in [-0.15, -0.1) is 0 Å². The van der Waals surface area contributed by atoms with Crippen molar-refractivity contribution >= 4 is 32.5 Å². The lowest BCUT2D eigenvalue weighted by molar-refractivity contribution is 0.0874. The maximum atomic E-state index is 13.7. The van der Waals surface area contributed by atoms with Gasteiger partial charge in [0.05, 0.1) is 31.2 Å². The van der Waals surface area contributed by atoms with E-state index in [2.05, 4.69) is 10.5 Å². The Bertz CT molecular complexity index is 1680. The Hall–Kier alpha value is -4.05. The molecule has 10 heteroatoms. The molecule has 1 saturated carbocycles. The number of hydrogen-bond acceptors (Lipinski definition) is 7. The number of ether oxygens (including phenoxy) is 1. The van der Waals surface area contributed by atoms with Gasteiger partial charge in [0.2, 0.25) is 10.0 Å². The van der Waals surface area contributed by atoms with Crippen molar-refractivity contribution in [3.8, 4) is 17.1 Å². The number of benzene rings is 3. The summed E-state index contributed by atoms with van der Waals surface area (Å²) in [5, 5.41) is 8.22. The maximum Gasteiger partial charge on any atom is 0.232 e. The molecule has 1 aliphatic heterocycles. The van der Waals surface area contributed by atoms with Gasteiger partial charge < -0.3 is 19.3 Å². The molecular formula is C29H28FN3O5S. The van der Waals surface area contributed by atoms with Gasteiger partial charge in [0.1, 0.15) is 22.9 Å². The largest absolute Gasteiger partial charge is 0.497 e. The highest BCUT2D eigenvalue weighted by molar-refractivity contribution is 7.92. The molecule has 1 N–H and O–H groups in total. The van der Waals surface area contributed by atoms with Crippen molar-refractivity contribution in [1.82, 2.24) is 5.32 Å². The molecule has 1 fully saturated rings. The van der Waals surface area contributed by atoms with Gasteiger partial charge in [-0.25, -0.2) is 12.8 Å². The summed E-state index contributed by atoms with van der Waals surface area (Å²) in [6, 6.07) is 17.2. The van der Waals surface area contributed by atoms with Crippen molar-refractivity contribution in [2.75, 3.05) is 17.7 Å². The highest BCUT2D eigenvalue weighted by Crippen LogP contribution is 2.48. The summed E-state index contributed by atoms with van der Waals surface area (Å²) in [6.07, 6.45) is 2.83. The number of fused-ring (bicyclic) bond motifs is 1. The van der Waals surface area contributed by atoms with Gasteiger partial charge in [-0.05, 0) is 79.3 Å². The molecule has 8 nitrogen and oxygen atoms in total. The number of anilines is 1. The standard InChI is InChI=1S/C29H28FN3O5S/c1-17-31-29(32-38-17)27-24-14-23(19-6-7-19)25(15-26(24)37-28(27)20-8-10-21(30)11-9-20)33(39(3,34)35)16-18-4-12-22(36-2)13-5-18/h4-5,8-15,17,19H,6-7,16H2,1-3H3,(H,31,32). The zero-order valence-corrected chi connectivity index (χ0v) is 22.6. The van der Waals surface area contributed by atoms with Crippen LogP contribution in [0.15, 0.2) is 70.2 Å². The normalized spacial score (nSPS) is 17.0. The van der Waals surface area contributed by atoms with Crippen LogP contribution in [0.2, 0.25) is 0 Å². The van der Waals surface area contributed by atoms with Crippen molar-refractivity contribution in [2.45, 2.75) is 38.5 Å². The molecule has 1 unspecified atom stereocenters. The van der Waals surface area contributed by atoms with Gasteiger partial charge in [0.25, 0.3) is 0 Å². The van der Waals surface area contributed by atoms with E-state index in [-0.39, 0.29) is 24.5 Å². The molecule has 0 bridgehead atoms. The monoisotopic (exact) mass is 549 g/mol. The van der Waals surface area contributed by atoms with Gasteiger partial charge in [-0.3, -0.25) is 4.31 Å². The number of rotatable bonds is 8. The first kappa shape index (κ1) is 25.2. The predicted molar refractivity (Wildman–Crippen MR) is 148 cm³/mol. The van der Waals surface area contributed by atoms with Crippen LogP contribution in [0, 0.1) is 5.82 Å². The summed E-state index contributed by atoms with van der Waals surface area (Å²) in [7, 11) is -2.06. The number of oxime groups is 1. The molecule has 0 radical (unpaired) electrons. The highest BCUT2D eigenvalue weighted by atomic mass is 32.2. The number of amidine groups is 1. The summed E-state index contributed by atoms with van der Waals surface area (Å²) in [6.45, 7) is 2.00. The Kier molecular flexibility index (Phi) is 6.22. The fourth-order valence-corrected chi connectivity index (χ4v) is 5.80. The number of hydrogen-bond donors (Lipinski definition) is 1. The second-order valence-electron chi connectivity index (χ2n) is 9.94. The molecule has 0 saturated heterocycles. The Labute approximate surface area is 226 Å². The lowest BCUT2D eigenvalue weighted by Crippen LogP contribution is -2.30. The van der Waals surface area contributed by atoms with E-state index < -0.39 is 10.0 Å². The third-order valence-electron chi connectivity index (χ3n) is 6.99. The first-order chi connectivity index (χ1) is 18.7. The van der Waals surface area contributed by atoms with Crippen molar-refractivity contribution in [3.63, 3.8) is 0 Å². The average molecular weight is 550 g/mol. The molecule has 4 aromatic rings. The van der Waals surface area contributed by atoms with Crippen LogP contribution >= 0.6 is 0 Å². The molecule has 1 atom stereocenters. The lowest BCUT2D eigenvalue weighted by Gasteiger charge is -2.25. The van der Waals surface area contributed by atoms with E-state index in [1.807, 2.05) is 37.3 Å². The van der Waals surface area contributed by atoms with Crippen molar-refractivity contribution < 1.29 is 26.8 Å². The summed E-state index contributed by atoms with van der Waals surface area (Å²) < 4.78 is 53.1. The Balaban J connectivity index is 1.53. The van der Waals surface area contributed by atoms with E-state index in [9.17, 15) is 12.8 Å². The van der Waals surface area contributed by atoms with E-state index >= 15 is 0 Å². The van der Waals surface area contributed by atoms with Gasteiger partial charge in [-0.2, -0.15) is 0 Å². The summed E-state index contributed by atoms with van der Waals surface area (Å²) in [4.78, 5) is 5.41. The molecular weight excluding hydrogens is 521 g/mol. The summed E-state index contributed by atoms with van der Waals surface area (Å²) in [5.74, 6) is 1.57. The van der Waals surface area contributed by atoms with Crippen LogP contribution in [-0.4, -0.2) is 33.8 Å². The molecule has 2 aliphatic rings. The number of halogens is 1. The molecule has 1 aromatic heterocycles. The average Bonchev–Trinajstić information content (AvgIpc) is 3.57. The number of furan rings is 1. The highest BCUT2D eigenvalue weighted by Gasteiger charge is 2.34. The minimum absolute atomic E-state index is 0.159. The smallest absolute Gasteiger partial charge is 0.232 e. The number of methoxy groups -OCH3 is 1. The van der Waals surface area contributed by atoms with E-state index in [4.69, 9.17) is 14.0 Å². The molecule has 6 rings (SSSR count). The third kappa shape index (κ3) is 4.92. The number of nitrogens with zero attached hydrogens (tertiary/aromatic N) is 2. The Morgan fingerprint density at radius 3 is 2.41 bits per heavy atom. The van der Waals surface area contributed by atoms with Gasteiger partial charge >= 0.3 is 0 Å². The van der Waals surface area contributed by atoms with Gasteiger partial charge in [-0.1, -0.05) is 17.3 Å². The van der Waals surface area contributed by atoms with Crippen molar-refractivity contribution in [3.05, 3.63) is 83.2 Å². The molecule has 3 aromatic carbocycles. The second kappa shape index (κ2) is 9.60. The van der Waals surface area contributed by atoms with Crippen LogP contribution in [0.25, 0.3) is 22.3 Å². The van der Waals surface area contributed by atoms with Gasteiger partial charge in [0, 0.05) is 17.0 Å². The summed E-state index contributed by atoms with van der Waals surface area (Å²) >= 11 is 0. The van der Waals surface area contributed by atoms with Crippen molar-refractivity contribution in [1.29, 1.82) is 0 Å². The Morgan fingerprint density at radius 2 is 1.82 bits per heavy atom. The minimum Gasteiger partial charge on any atom is -0.497 e. The maximum absolute atomic E-state index is 13.7. The Morgan fingerprint density at radius 1 is 1.10 bits per heavy atom. The predicted octanol–water partition coefficient (Wildman–Crippen LogP) is 5.72. The first-order valence-corrected chi connectivity index (χ1v) is 14.5. The van der Waals surface area contributed by atoms with Crippen LogP contribution in [0.5, 0.6) is 5.75 Å². The number of sulfonamides is 1. The molecule has 202 valence electrons. The number of nitrogens with one attached hydrogen (secondary N) is 1. The van der Waals surface area contributed by atoms with Crippen LogP contribution in [-0.2, 0) is 21.4 Å². The topological polar surface area (TPSA) is 93.4 Å². The molecule has 2 heterocycles. The van der Waals surface area contributed by atoms with Crippen molar-refractivity contribution in [2.24, 2.45) is 5.16 Å². The molecule has 39 heavy (non-hydrogen) atoms. The van der Waals surface area contributed by atoms with Gasteiger partial charge in [0.15, 0.2) is 12.1 Å². The van der Waals surface area contributed by atoms with E-state index in [0.717, 1.165) is 29.4 Å². The molecule has 0 amide bonds. The molecule has 1 aliphatic carbocycles. The third-order valence-corrected chi connectivity index (χ3v) is 8.12. The zero-order chi connectivity index (χ0) is 27.3.